The Morgan fingerprint density at radius 1 is 1.32 bits per heavy atom. The van der Waals surface area contributed by atoms with Crippen molar-refractivity contribution < 1.29 is 8.42 Å². The van der Waals surface area contributed by atoms with E-state index < -0.39 is 9.84 Å². The van der Waals surface area contributed by atoms with Gasteiger partial charge in [0.15, 0.2) is 9.84 Å². The quantitative estimate of drug-likeness (QED) is 0.902. The Hall–Kier alpha value is -0.870. The van der Waals surface area contributed by atoms with E-state index in [1.807, 2.05) is 25.2 Å². The highest BCUT2D eigenvalue weighted by atomic mass is 32.2. The van der Waals surface area contributed by atoms with Crippen LogP contribution in [0.2, 0.25) is 0 Å². The van der Waals surface area contributed by atoms with Crippen LogP contribution in [0, 0.1) is 5.92 Å². The van der Waals surface area contributed by atoms with Gasteiger partial charge in [-0.25, -0.2) is 8.42 Å². The molecule has 106 valence electrons. The Bertz CT molecular complexity index is 519. The Labute approximate surface area is 116 Å². The van der Waals surface area contributed by atoms with E-state index in [4.69, 9.17) is 0 Å². The Kier molecular flexibility index (Phi) is 4.63. The minimum Gasteiger partial charge on any atom is -0.313 e. The summed E-state index contributed by atoms with van der Waals surface area (Å²) in [6, 6.07) is 7.59. The van der Waals surface area contributed by atoms with Gasteiger partial charge in [0.1, 0.15) is 0 Å². The van der Waals surface area contributed by atoms with Crippen molar-refractivity contribution in [2.24, 2.45) is 5.92 Å². The largest absolute Gasteiger partial charge is 0.313 e. The van der Waals surface area contributed by atoms with Crippen LogP contribution in [0.25, 0.3) is 0 Å². The first-order valence-corrected chi connectivity index (χ1v) is 8.87. The predicted octanol–water partition coefficient (Wildman–Crippen LogP) is 2.93. The number of benzene rings is 1. The highest BCUT2D eigenvalue weighted by Crippen LogP contribution is 2.33. The number of sulfone groups is 1. The molecule has 0 heterocycles. The van der Waals surface area contributed by atoms with Gasteiger partial charge in [0.2, 0.25) is 0 Å². The lowest BCUT2D eigenvalue weighted by Gasteiger charge is -2.21. The first kappa shape index (κ1) is 14.5. The smallest absolute Gasteiger partial charge is 0.175 e. The van der Waals surface area contributed by atoms with Crippen molar-refractivity contribution in [2.45, 2.75) is 43.0 Å². The van der Waals surface area contributed by atoms with Crippen molar-refractivity contribution >= 4 is 9.84 Å². The van der Waals surface area contributed by atoms with Crippen LogP contribution >= 0.6 is 0 Å². The predicted molar refractivity (Wildman–Crippen MR) is 77.9 cm³/mol. The molecule has 0 aliphatic heterocycles. The normalized spacial score (nSPS) is 18.6. The lowest BCUT2D eigenvalue weighted by molar-refractivity contribution is 0.413. The van der Waals surface area contributed by atoms with Gasteiger partial charge in [0.05, 0.1) is 4.90 Å². The van der Waals surface area contributed by atoms with Crippen molar-refractivity contribution in [1.82, 2.24) is 5.32 Å². The van der Waals surface area contributed by atoms with Crippen LogP contribution in [0.15, 0.2) is 29.2 Å². The maximum atomic E-state index is 11.6. The first-order valence-electron chi connectivity index (χ1n) is 6.98. The fraction of sp³-hybridized carbons (Fsp3) is 0.600. The second kappa shape index (κ2) is 6.06. The molecule has 1 fully saturated rings. The molecule has 2 rings (SSSR count). The van der Waals surface area contributed by atoms with Gasteiger partial charge < -0.3 is 5.32 Å². The molecule has 1 atom stereocenters. The van der Waals surface area contributed by atoms with E-state index in [1.54, 1.807) is 6.07 Å². The second-order valence-corrected chi connectivity index (χ2v) is 7.59. The molecule has 0 spiro atoms. The van der Waals surface area contributed by atoms with Crippen molar-refractivity contribution in [3.8, 4) is 0 Å². The molecule has 0 radical (unpaired) electrons. The lowest BCUT2D eigenvalue weighted by Crippen LogP contribution is -2.19. The van der Waals surface area contributed by atoms with E-state index in [0.29, 0.717) is 4.90 Å². The van der Waals surface area contributed by atoms with E-state index in [0.717, 1.165) is 17.9 Å². The van der Waals surface area contributed by atoms with Crippen molar-refractivity contribution in [2.75, 3.05) is 13.3 Å². The molecule has 0 amide bonds. The van der Waals surface area contributed by atoms with Crippen molar-refractivity contribution in [1.29, 1.82) is 0 Å². The summed E-state index contributed by atoms with van der Waals surface area (Å²) in [4.78, 5) is 0.414. The Balaban J connectivity index is 2.18. The summed E-state index contributed by atoms with van der Waals surface area (Å²) in [6.45, 7) is 0. The summed E-state index contributed by atoms with van der Waals surface area (Å²) >= 11 is 0. The van der Waals surface area contributed by atoms with E-state index in [1.165, 1.54) is 31.9 Å². The highest BCUT2D eigenvalue weighted by molar-refractivity contribution is 7.90. The van der Waals surface area contributed by atoms with Crippen LogP contribution in [-0.4, -0.2) is 21.7 Å². The van der Waals surface area contributed by atoms with Crippen molar-refractivity contribution in [3.05, 3.63) is 29.8 Å². The van der Waals surface area contributed by atoms with Crippen molar-refractivity contribution in [3.63, 3.8) is 0 Å². The molecule has 1 aromatic rings. The van der Waals surface area contributed by atoms with Crippen LogP contribution in [0.1, 0.15) is 43.7 Å². The van der Waals surface area contributed by atoms with Gasteiger partial charge in [-0.05, 0) is 37.1 Å². The van der Waals surface area contributed by atoms with Gasteiger partial charge >= 0.3 is 0 Å². The minimum absolute atomic E-state index is 0.254. The summed E-state index contributed by atoms with van der Waals surface area (Å²) in [6.07, 6.45) is 7.66. The molecule has 19 heavy (non-hydrogen) atoms. The molecule has 0 saturated heterocycles. The average Bonchev–Trinajstić information content (AvgIpc) is 2.88. The lowest BCUT2D eigenvalue weighted by atomic mass is 9.94. The molecular formula is C15H23NO2S. The number of rotatable bonds is 5. The van der Waals surface area contributed by atoms with Crippen LogP contribution in [0.4, 0.5) is 0 Å². The van der Waals surface area contributed by atoms with E-state index in [2.05, 4.69) is 5.32 Å². The summed E-state index contributed by atoms with van der Waals surface area (Å²) < 4.78 is 23.2. The second-order valence-electron chi connectivity index (χ2n) is 5.57. The maximum Gasteiger partial charge on any atom is 0.175 e. The summed E-state index contributed by atoms with van der Waals surface area (Å²) in [5.41, 5.74) is 1.08. The summed E-state index contributed by atoms with van der Waals surface area (Å²) in [7, 11) is -1.17. The average molecular weight is 281 g/mol. The van der Waals surface area contributed by atoms with E-state index in [9.17, 15) is 8.42 Å². The fourth-order valence-electron chi connectivity index (χ4n) is 2.96. The zero-order valence-electron chi connectivity index (χ0n) is 11.7. The van der Waals surface area contributed by atoms with E-state index >= 15 is 0 Å². The standard InChI is InChI=1S/C15H23NO2S/c1-16-15(10-12-6-3-4-7-12)13-8-5-9-14(11-13)19(2,17)18/h5,8-9,11-12,15-16H,3-4,6-7,10H2,1-2H3. The van der Waals surface area contributed by atoms with Gasteiger partial charge in [0.25, 0.3) is 0 Å². The first-order chi connectivity index (χ1) is 9.00. The molecule has 1 aliphatic rings. The molecule has 1 N–H and O–H groups in total. The van der Waals surface area contributed by atoms with Gasteiger partial charge in [-0.15, -0.1) is 0 Å². The van der Waals surface area contributed by atoms with Crippen LogP contribution in [0.3, 0.4) is 0 Å². The molecule has 4 heteroatoms. The monoisotopic (exact) mass is 281 g/mol. The zero-order chi connectivity index (χ0) is 13.9. The highest BCUT2D eigenvalue weighted by Gasteiger charge is 2.21. The van der Waals surface area contributed by atoms with Crippen LogP contribution < -0.4 is 5.32 Å². The minimum atomic E-state index is -3.12. The summed E-state index contributed by atoms with van der Waals surface area (Å²) in [5, 5.41) is 3.33. The topological polar surface area (TPSA) is 46.2 Å². The Morgan fingerprint density at radius 3 is 2.58 bits per heavy atom. The number of hydrogen-bond donors (Lipinski definition) is 1. The SMILES string of the molecule is CNC(CC1CCCC1)c1cccc(S(C)(=O)=O)c1. The van der Waals surface area contributed by atoms with E-state index in [-0.39, 0.29) is 6.04 Å². The molecule has 1 saturated carbocycles. The van der Waals surface area contributed by atoms with Gasteiger partial charge in [0, 0.05) is 12.3 Å². The fourth-order valence-corrected chi connectivity index (χ4v) is 3.64. The van der Waals surface area contributed by atoms with Gasteiger partial charge in [-0.3, -0.25) is 0 Å². The van der Waals surface area contributed by atoms with Gasteiger partial charge in [-0.1, -0.05) is 37.8 Å². The maximum absolute atomic E-state index is 11.6. The third kappa shape index (κ3) is 3.80. The Morgan fingerprint density at radius 2 is 2.00 bits per heavy atom. The third-order valence-corrected chi connectivity index (χ3v) is 5.19. The number of hydrogen-bond acceptors (Lipinski definition) is 3. The molecule has 0 bridgehead atoms. The van der Waals surface area contributed by atoms with Crippen LogP contribution in [-0.2, 0) is 9.84 Å². The molecular weight excluding hydrogens is 258 g/mol. The van der Waals surface area contributed by atoms with Crippen LogP contribution in [0.5, 0.6) is 0 Å². The molecule has 1 unspecified atom stereocenters. The summed E-state index contributed by atoms with van der Waals surface area (Å²) in [5.74, 6) is 0.777. The van der Waals surface area contributed by atoms with Gasteiger partial charge in [-0.2, -0.15) is 0 Å². The number of nitrogens with one attached hydrogen (secondary N) is 1. The molecule has 0 aromatic heterocycles. The zero-order valence-corrected chi connectivity index (χ0v) is 12.5. The molecule has 3 nitrogen and oxygen atoms in total. The third-order valence-electron chi connectivity index (χ3n) is 4.08. The molecule has 1 aliphatic carbocycles. The molecule has 1 aromatic carbocycles.